The molecule has 0 saturated heterocycles. The molecule has 1 N–H and O–H groups in total. The number of methoxy groups -OCH3 is 2. The van der Waals surface area contributed by atoms with Gasteiger partial charge in [-0.15, -0.1) is 0 Å². The molecule has 1 amide bonds. The topological polar surface area (TPSA) is 76.6 Å². The van der Waals surface area contributed by atoms with Crippen molar-refractivity contribution in [2.24, 2.45) is 5.92 Å². The second-order valence-corrected chi connectivity index (χ2v) is 11.4. The minimum Gasteiger partial charge on any atom is -0.497 e. The van der Waals surface area contributed by atoms with Crippen molar-refractivity contribution in [3.8, 4) is 22.9 Å². The fourth-order valence-electron chi connectivity index (χ4n) is 6.20. The van der Waals surface area contributed by atoms with Gasteiger partial charge in [-0.3, -0.25) is 4.79 Å². The number of aromatic nitrogens is 2. The molecule has 9 heteroatoms. The molecular formula is C34H34F2N4O3. The molecule has 222 valence electrons. The van der Waals surface area contributed by atoms with Gasteiger partial charge in [0, 0.05) is 17.3 Å². The molecule has 4 aromatic rings. The van der Waals surface area contributed by atoms with Gasteiger partial charge in [-0.25, -0.2) is 18.7 Å². The standard InChI is InChI=1S/C34H34F2N4O3/c1-20-6-4-7-22(16-20)21-10-13-24(14-11-21)37-33-31-28(38-32(39-33)30-26(35)8-5-9-27(30)36)19-40(34(31)41)18-23-12-15-25(42-2)17-29(23)43-3/h5,8-15,17,20,22H,4,6-7,16,18-19H2,1-3H3,(H,37,38,39). The largest absolute Gasteiger partial charge is 0.497 e. The minimum atomic E-state index is -0.777. The molecule has 2 atom stereocenters. The highest BCUT2D eigenvalue weighted by atomic mass is 19.1. The van der Waals surface area contributed by atoms with E-state index in [-0.39, 0.29) is 41.8 Å². The number of benzene rings is 3. The van der Waals surface area contributed by atoms with Crippen LogP contribution in [0.4, 0.5) is 20.3 Å². The summed E-state index contributed by atoms with van der Waals surface area (Å²) in [4.78, 5) is 24.4. The number of fused-ring (bicyclic) bond motifs is 1. The summed E-state index contributed by atoms with van der Waals surface area (Å²) in [5.41, 5.74) is 3.11. The van der Waals surface area contributed by atoms with Crippen LogP contribution in [0.3, 0.4) is 0 Å². The van der Waals surface area contributed by atoms with Gasteiger partial charge in [0.25, 0.3) is 5.91 Å². The zero-order valence-corrected chi connectivity index (χ0v) is 24.5. The summed E-state index contributed by atoms with van der Waals surface area (Å²) in [5.74, 6) is 0.692. The highest BCUT2D eigenvalue weighted by Gasteiger charge is 2.34. The quantitative estimate of drug-likeness (QED) is 0.230. The summed E-state index contributed by atoms with van der Waals surface area (Å²) in [5, 5.41) is 3.26. The number of nitrogens with zero attached hydrogens (tertiary/aromatic N) is 3. The Morgan fingerprint density at radius 3 is 2.42 bits per heavy atom. The first-order valence-electron chi connectivity index (χ1n) is 14.6. The molecule has 1 fully saturated rings. The normalized spacial score (nSPS) is 18.0. The molecule has 1 aliphatic heterocycles. The van der Waals surface area contributed by atoms with Gasteiger partial charge < -0.3 is 19.7 Å². The third-order valence-electron chi connectivity index (χ3n) is 8.45. The van der Waals surface area contributed by atoms with E-state index in [0.717, 1.165) is 11.3 Å². The number of carbonyl (C=O) groups excluding carboxylic acids is 1. The van der Waals surface area contributed by atoms with Crippen LogP contribution >= 0.6 is 0 Å². The van der Waals surface area contributed by atoms with Gasteiger partial charge in [0.15, 0.2) is 5.82 Å². The van der Waals surface area contributed by atoms with Crippen molar-refractivity contribution in [1.29, 1.82) is 0 Å². The molecule has 1 aliphatic carbocycles. The van der Waals surface area contributed by atoms with Crippen LogP contribution in [0.25, 0.3) is 11.4 Å². The van der Waals surface area contributed by atoms with Crippen molar-refractivity contribution in [2.75, 3.05) is 19.5 Å². The molecule has 3 aromatic carbocycles. The predicted octanol–water partition coefficient (Wildman–Crippen LogP) is 7.63. The van der Waals surface area contributed by atoms with Gasteiger partial charge in [0.2, 0.25) is 0 Å². The number of ether oxygens (including phenoxy) is 2. The molecule has 1 aromatic heterocycles. The number of nitrogens with one attached hydrogen (secondary N) is 1. The predicted molar refractivity (Wildman–Crippen MR) is 161 cm³/mol. The lowest BCUT2D eigenvalue weighted by Gasteiger charge is -2.27. The average Bonchev–Trinajstić information content (AvgIpc) is 3.32. The molecule has 0 radical (unpaired) electrons. The van der Waals surface area contributed by atoms with Crippen LogP contribution < -0.4 is 14.8 Å². The maximum absolute atomic E-state index is 14.8. The van der Waals surface area contributed by atoms with E-state index in [9.17, 15) is 13.6 Å². The van der Waals surface area contributed by atoms with E-state index in [4.69, 9.17) is 9.47 Å². The Kier molecular flexibility index (Phi) is 7.97. The van der Waals surface area contributed by atoms with Crippen LogP contribution in [0.5, 0.6) is 11.5 Å². The van der Waals surface area contributed by atoms with Crippen molar-refractivity contribution in [2.45, 2.75) is 51.6 Å². The molecule has 7 nitrogen and oxygen atoms in total. The van der Waals surface area contributed by atoms with E-state index in [1.807, 2.05) is 18.2 Å². The summed E-state index contributed by atoms with van der Waals surface area (Å²) in [6, 6.07) is 17.2. The lowest BCUT2D eigenvalue weighted by atomic mass is 9.79. The van der Waals surface area contributed by atoms with Gasteiger partial charge in [0.05, 0.1) is 38.6 Å². The van der Waals surface area contributed by atoms with Crippen LogP contribution in [0.15, 0.2) is 60.7 Å². The number of hydrogen-bond donors (Lipinski definition) is 1. The van der Waals surface area contributed by atoms with E-state index in [1.54, 1.807) is 31.3 Å². The lowest BCUT2D eigenvalue weighted by molar-refractivity contribution is 0.0765. The third kappa shape index (κ3) is 5.76. The van der Waals surface area contributed by atoms with Crippen LogP contribution in [-0.2, 0) is 13.1 Å². The van der Waals surface area contributed by atoms with E-state index in [2.05, 4.69) is 34.3 Å². The highest BCUT2D eigenvalue weighted by molar-refractivity contribution is 6.03. The zero-order chi connectivity index (χ0) is 30.1. The first-order valence-corrected chi connectivity index (χ1v) is 14.6. The lowest BCUT2D eigenvalue weighted by Crippen LogP contribution is -2.24. The number of amides is 1. The number of anilines is 2. The van der Waals surface area contributed by atoms with Gasteiger partial charge in [0.1, 0.15) is 34.5 Å². The Balaban J connectivity index is 1.35. The Bertz CT molecular complexity index is 1640. The van der Waals surface area contributed by atoms with E-state index in [0.29, 0.717) is 29.0 Å². The van der Waals surface area contributed by atoms with Crippen LogP contribution in [0.1, 0.15) is 65.7 Å². The fourth-order valence-corrected chi connectivity index (χ4v) is 6.20. The Morgan fingerprint density at radius 1 is 0.953 bits per heavy atom. The van der Waals surface area contributed by atoms with E-state index >= 15 is 0 Å². The monoisotopic (exact) mass is 584 g/mol. The average molecular weight is 585 g/mol. The summed E-state index contributed by atoms with van der Waals surface area (Å²) in [6.07, 6.45) is 4.86. The number of halogens is 2. The number of carbonyl (C=O) groups is 1. The molecule has 43 heavy (non-hydrogen) atoms. The zero-order valence-electron chi connectivity index (χ0n) is 24.5. The van der Waals surface area contributed by atoms with Crippen LogP contribution in [-0.4, -0.2) is 35.0 Å². The third-order valence-corrected chi connectivity index (χ3v) is 8.45. The molecule has 6 rings (SSSR count). The number of hydrogen-bond acceptors (Lipinski definition) is 6. The van der Waals surface area contributed by atoms with Gasteiger partial charge in [-0.1, -0.05) is 38.0 Å². The van der Waals surface area contributed by atoms with Gasteiger partial charge >= 0.3 is 0 Å². The SMILES string of the molecule is COc1ccc(CN2Cc3nc(-c4c(F)cccc4F)nc(Nc4ccc(C5CCCC(C)C5)cc4)c3C2=O)c(OC)c1. The summed E-state index contributed by atoms with van der Waals surface area (Å²) in [6.45, 7) is 2.68. The van der Waals surface area contributed by atoms with Crippen molar-refractivity contribution in [3.05, 3.63) is 94.7 Å². The first kappa shape index (κ1) is 28.6. The Morgan fingerprint density at radius 2 is 1.72 bits per heavy atom. The van der Waals surface area contributed by atoms with E-state index in [1.165, 1.54) is 49.4 Å². The van der Waals surface area contributed by atoms with Gasteiger partial charge in [-0.05, 0) is 66.6 Å². The second-order valence-electron chi connectivity index (χ2n) is 11.4. The Labute approximate surface area is 249 Å². The second kappa shape index (κ2) is 12.0. The molecule has 1 saturated carbocycles. The fraction of sp³-hybridized carbons (Fsp3) is 0.324. The highest BCUT2D eigenvalue weighted by Crippen LogP contribution is 2.38. The molecule has 0 spiro atoms. The van der Waals surface area contributed by atoms with Crippen LogP contribution in [0.2, 0.25) is 0 Å². The molecule has 2 unspecified atom stereocenters. The molecule has 2 heterocycles. The van der Waals surface area contributed by atoms with Crippen LogP contribution in [0, 0.1) is 17.6 Å². The minimum absolute atomic E-state index is 0.124. The van der Waals surface area contributed by atoms with Crippen molar-refractivity contribution in [1.82, 2.24) is 14.9 Å². The summed E-state index contributed by atoms with van der Waals surface area (Å²) in [7, 11) is 3.13. The van der Waals surface area contributed by atoms with E-state index < -0.39 is 11.6 Å². The molecule has 2 aliphatic rings. The van der Waals surface area contributed by atoms with Gasteiger partial charge in [-0.2, -0.15) is 0 Å². The smallest absolute Gasteiger partial charge is 0.260 e. The molecular weight excluding hydrogens is 550 g/mol. The first-order chi connectivity index (χ1) is 20.8. The van der Waals surface area contributed by atoms with Crippen molar-refractivity contribution in [3.63, 3.8) is 0 Å². The maximum Gasteiger partial charge on any atom is 0.260 e. The molecule has 0 bridgehead atoms. The van der Waals surface area contributed by atoms with Crippen molar-refractivity contribution < 1.29 is 23.0 Å². The number of rotatable bonds is 8. The Hall–Kier alpha value is -4.53. The summed E-state index contributed by atoms with van der Waals surface area (Å²) < 4.78 is 40.5. The van der Waals surface area contributed by atoms with Crippen molar-refractivity contribution >= 4 is 17.4 Å². The summed E-state index contributed by atoms with van der Waals surface area (Å²) >= 11 is 0. The maximum atomic E-state index is 14.8.